The first-order chi connectivity index (χ1) is 17.0. The number of carbonyl (C=O) groups is 6. The van der Waals surface area contributed by atoms with Gasteiger partial charge in [-0.25, -0.2) is 0 Å². The molecular formula is C29H34O8. The van der Waals surface area contributed by atoms with Gasteiger partial charge in [0.15, 0.2) is 34.5 Å². The second kappa shape index (κ2) is 8.25. The van der Waals surface area contributed by atoms with E-state index in [1.807, 2.05) is 0 Å². The number of aliphatic hydroxyl groups is 1. The number of benzene rings is 1. The average molecular weight is 511 g/mol. The Morgan fingerprint density at radius 2 is 1.68 bits per heavy atom. The molecule has 0 saturated heterocycles. The third kappa shape index (κ3) is 3.24. The number of rotatable bonds is 4. The van der Waals surface area contributed by atoms with Gasteiger partial charge in [0.2, 0.25) is 0 Å². The Morgan fingerprint density at radius 1 is 1.08 bits per heavy atom. The smallest absolute Gasteiger partial charge is 0.190 e. The zero-order valence-electron chi connectivity index (χ0n) is 22.4. The molecule has 0 aromatic heterocycles. The van der Waals surface area contributed by atoms with Gasteiger partial charge in [-0.2, -0.15) is 0 Å². The van der Waals surface area contributed by atoms with Gasteiger partial charge in [0.05, 0.1) is 11.5 Å². The average Bonchev–Trinajstić information content (AvgIpc) is 2.75. The van der Waals surface area contributed by atoms with Crippen molar-refractivity contribution in [3.05, 3.63) is 28.3 Å². The van der Waals surface area contributed by atoms with Crippen LogP contribution in [0.5, 0.6) is 5.75 Å². The summed E-state index contributed by atoms with van der Waals surface area (Å²) in [4.78, 5) is 80.4. The molecule has 2 saturated carbocycles. The number of phenols is 1. The van der Waals surface area contributed by atoms with Crippen molar-refractivity contribution in [2.45, 2.75) is 73.3 Å². The molecule has 0 aliphatic heterocycles. The molecule has 2 fully saturated rings. The molecular weight excluding hydrogens is 476 g/mol. The van der Waals surface area contributed by atoms with Crippen LogP contribution < -0.4 is 0 Å². The summed E-state index contributed by atoms with van der Waals surface area (Å²) < 4.78 is 0. The van der Waals surface area contributed by atoms with Gasteiger partial charge in [-0.15, -0.1) is 0 Å². The molecule has 6 atom stereocenters. The van der Waals surface area contributed by atoms with E-state index in [0.29, 0.717) is 17.5 Å². The number of fused-ring (bicyclic) bond motifs is 3. The molecule has 2 N–H and O–H groups in total. The Balaban J connectivity index is 2.02. The van der Waals surface area contributed by atoms with Crippen LogP contribution in [0.2, 0.25) is 0 Å². The van der Waals surface area contributed by atoms with Gasteiger partial charge in [-0.05, 0) is 61.6 Å². The maximum Gasteiger partial charge on any atom is 0.190 e. The Kier molecular flexibility index (Phi) is 6.03. The standard InChI is InChI=1S/C29H34O8/c1-8-15-9-16(13(4)30)17-10-27(6)11-28(7)20(12(2)3)23(33)18(14(5)31)25(35)29(28,37)26(36)21(27)24(34)19(17)22(15)32/h9,12,18,20-21,32,37H,8,10-11H2,1-7H3/t18?,20?,21?,27-,28-,29+/m1/s1. The van der Waals surface area contributed by atoms with Crippen molar-refractivity contribution in [2.75, 3.05) is 0 Å². The highest BCUT2D eigenvalue weighted by molar-refractivity contribution is 6.32. The zero-order valence-corrected chi connectivity index (χ0v) is 22.4. The molecule has 3 unspecified atom stereocenters. The SMILES string of the molecule is CCc1cc(C(C)=O)c2c(c1O)C(=O)C1C(=O)[C@@]3(O)C(=O)C(C(C)=O)C(=O)C(C(C)C)[C@@]3(C)C[C@@]1(C)C2. The third-order valence-corrected chi connectivity index (χ3v) is 9.22. The number of aryl methyl sites for hydroxylation is 1. The first-order valence-corrected chi connectivity index (χ1v) is 12.8. The molecule has 37 heavy (non-hydrogen) atoms. The summed E-state index contributed by atoms with van der Waals surface area (Å²) >= 11 is 0. The molecule has 8 heteroatoms. The highest BCUT2D eigenvalue weighted by atomic mass is 16.3. The van der Waals surface area contributed by atoms with Crippen LogP contribution in [0.3, 0.4) is 0 Å². The monoisotopic (exact) mass is 510 g/mol. The van der Waals surface area contributed by atoms with Gasteiger partial charge in [-0.3, -0.25) is 28.8 Å². The number of ketones is 6. The molecule has 8 nitrogen and oxygen atoms in total. The lowest BCUT2D eigenvalue weighted by molar-refractivity contribution is -0.205. The Hall–Kier alpha value is -3.00. The predicted molar refractivity (Wildman–Crippen MR) is 132 cm³/mol. The van der Waals surface area contributed by atoms with Crippen LogP contribution in [-0.2, 0) is 32.0 Å². The fraction of sp³-hybridized carbons (Fsp3) is 0.586. The van der Waals surface area contributed by atoms with Crippen LogP contribution in [0, 0.1) is 34.5 Å². The normalized spacial score (nSPS) is 35.2. The summed E-state index contributed by atoms with van der Waals surface area (Å²) in [6.45, 7) is 10.9. The lowest BCUT2D eigenvalue weighted by Crippen LogP contribution is -2.76. The summed E-state index contributed by atoms with van der Waals surface area (Å²) in [6.07, 6.45) is 0.351. The van der Waals surface area contributed by atoms with E-state index < -0.39 is 69.0 Å². The molecule has 1 aromatic rings. The topological polar surface area (TPSA) is 143 Å². The van der Waals surface area contributed by atoms with Crippen molar-refractivity contribution in [1.82, 2.24) is 0 Å². The van der Waals surface area contributed by atoms with E-state index in [1.165, 1.54) is 13.8 Å². The van der Waals surface area contributed by atoms with Gasteiger partial charge in [-0.1, -0.05) is 34.6 Å². The van der Waals surface area contributed by atoms with E-state index in [1.54, 1.807) is 33.8 Å². The maximum atomic E-state index is 14.2. The minimum atomic E-state index is -2.73. The minimum absolute atomic E-state index is 0.0450. The summed E-state index contributed by atoms with van der Waals surface area (Å²) in [5.41, 5.74) is -4.59. The van der Waals surface area contributed by atoms with Gasteiger partial charge >= 0.3 is 0 Å². The Bertz CT molecular complexity index is 1310. The maximum absolute atomic E-state index is 14.2. The number of Topliss-reactive ketones (excluding diaryl/α,β-unsaturated/α-hetero) is 6. The van der Waals surface area contributed by atoms with Crippen molar-refractivity contribution in [1.29, 1.82) is 0 Å². The van der Waals surface area contributed by atoms with E-state index in [9.17, 15) is 39.0 Å². The molecule has 0 bridgehead atoms. The van der Waals surface area contributed by atoms with Gasteiger partial charge in [0.25, 0.3) is 0 Å². The Morgan fingerprint density at radius 3 is 2.16 bits per heavy atom. The van der Waals surface area contributed by atoms with E-state index in [-0.39, 0.29) is 35.5 Å². The van der Waals surface area contributed by atoms with E-state index in [0.717, 1.165) is 6.92 Å². The lowest BCUT2D eigenvalue weighted by atomic mass is 9.39. The second-order valence-electron chi connectivity index (χ2n) is 12.0. The molecule has 0 amide bonds. The number of hydrogen-bond donors (Lipinski definition) is 2. The summed E-state index contributed by atoms with van der Waals surface area (Å²) in [7, 11) is 0. The Labute approximate surface area is 215 Å². The molecule has 198 valence electrons. The van der Waals surface area contributed by atoms with Crippen LogP contribution in [0.15, 0.2) is 6.07 Å². The predicted octanol–water partition coefficient (Wildman–Crippen LogP) is 2.86. The van der Waals surface area contributed by atoms with E-state index in [4.69, 9.17) is 0 Å². The minimum Gasteiger partial charge on any atom is -0.507 e. The number of carbonyl (C=O) groups excluding carboxylic acids is 6. The second-order valence-corrected chi connectivity index (χ2v) is 12.0. The largest absolute Gasteiger partial charge is 0.507 e. The molecule has 0 spiro atoms. The van der Waals surface area contributed by atoms with E-state index in [2.05, 4.69) is 0 Å². The highest BCUT2D eigenvalue weighted by Gasteiger charge is 2.76. The van der Waals surface area contributed by atoms with Crippen molar-refractivity contribution in [3.8, 4) is 5.75 Å². The molecule has 0 radical (unpaired) electrons. The fourth-order valence-electron chi connectivity index (χ4n) is 7.84. The number of hydrogen-bond acceptors (Lipinski definition) is 8. The summed E-state index contributed by atoms with van der Waals surface area (Å²) in [5, 5.41) is 23.0. The van der Waals surface area contributed by atoms with Crippen LogP contribution in [0.25, 0.3) is 0 Å². The van der Waals surface area contributed by atoms with Crippen molar-refractivity contribution >= 4 is 34.7 Å². The van der Waals surface area contributed by atoms with Crippen molar-refractivity contribution < 1.29 is 39.0 Å². The fourth-order valence-corrected chi connectivity index (χ4v) is 7.84. The van der Waals surface area contributed by atoms with Crippen LogP contribution in [0.1, 0.15) is 86.7 Å². The van der Waals surface area contributed by atoms with Crippen molar-refractivity contribution in [3.63, 3.8) is 0 Å². The van der Waals surface area contributed by atoms with Crippen molar-refractivity contribution in [2.24, 2.45) is 34.5 Å². The zero-order chi connectivity index (χ0) is 28.0. The molecule has 3 aliphatic carbocycles. The van der Waals surface area contributed by atoms with Crippen LogP contribution in [0.4, 0.5) is 0 Å². The van der Waals surface area contributed by atoms with Crippen LogP contribution in [-0.4, -0.2) is 50.5 Å². The third-order valence-electron chi connectivity index (χ3n) is 9.22. The molecule has 0 heterocycles. The first kappa shape index (κ1) is 27.0. The van der Waals surface area contributed by atoms with Gasteiger partial charge in [0, 0.05) is 16.9 Å². The quantitative estimate of drug-likeness (QED) is 0.465. The highest BCUT2D eigenvalue weighted by Crippen LogP contribution is 2.64. The lowest BCUT2D eigenvalue weighted by Gasteiger charge is -2.61. The number of phenolic OH excluding ortho intramolecular Hbond substituents is 1. The van der Waals surface area contributed by atoms with Crippen LogP contribution >= 0.6 is 0 Å². The summed E-state index contributed by atoms with van der Waals surface area (Å²) in [6, 6.07) is 1.57. The molecule has 3 aliphatic rings. The van der Waals surface area contributed by atoms with Gasteiger partial charge < -0.3 is 10.2 Å². The van der Waals surface area contributed by atoms with Gasteiger partial charge in [0.1, 0.15) is 17.5 Å². The molecule has 4 rings (SSSR count). The number of aromatic hydroxyl groups is 1. The summed E-state index contributed by atoms with van der Waals surface area (Å²) in [5.74, 6) is -9.64. The first-order valence-electron chi connectivity index (χ1n) is 12.8. The molecule has 1 aromatic carbocycles. The van der Waals surface area contributed by atoms with E-state index >= 15 is 0 Å².